The lowest BCUT2D eigenvalue weighted by molar-refractivity contribution is -0.122. The molecule has 3 fully saturated rings. The Morgan fingerprint density at radius 3 is 2.48 bits per heavy atom. The molecule has 132 valence electrons. The first-order valence-electron chi connectivity index (χ1n) is 9.63. The zero-order valence-electron chi connectivity index (χ0n) is 14.7. The predicted molar refractivity (Wildman–Crippen MR) is 93.5 cm³/mol. The molecule has 0 radical (unpaired) electrons. The van der Waals surface area contributed by atoms with Crippen molar-refractivity contribution in [1.29, 1.82) is 0 Å². The maximum atomic E-state index is 12.1. The molecule has 0 aromatic rings. The van der Waals surface area contributed by atoms with E-state index in [1.54, 1.807) is 0 Å². The van der Waals surface area contributed by atoms with Crippen LogP contribution in [0.3, 0.4) is 0 Å². The minimum Gasteiger partial charge on any atom is -0.353 e. The van der Waals surface area contributed by atoms with Crippen molar-refractivity contribution in [3.8, 4) is 0 Å². The summed E-state index contributed by atoms with van der Waals surface area (Å²) in [7, 11) is 2.22. The monoisotopic (exact) mass is 322 g/mol. The predicted octanol–water partition coefficient (Wildman–Crippen LogP) is 1.05. The van der Waals surface area contributed by atoms with Gasteiger partial charge in [0.25, 0.3) is 0 Å². The summed E-state index contributed by atoms with van der Waals surface area (Å²) < 4.78 is 0. The zero-order chi connectivity index (χ0) is 16.1. The van der Waals surface area contributed by atoms with Crippen LogP contribution in [0.5, 0.6) is 0 Å². The molecule has 0 bridgehead atoms. The average molecular weight is 322 g/mol. The van der Waals surface area contributed by atoms with E-state index in [0.717, 1.165) is 51.5 Å². The van der Waals surface area contributed by atoms with Crippen molar-refractivity contribution in [2.75, 3.05) is 46.3 Å². The molecule has 0 saturated carbocycles. The lowest BCUT2D eigenvalue weighted by atomic mass is 9.97. The van der Waals surface area contributed by atoms with E-state index in [9.17, 15) is 4.79 Å². The fourth-order valence-electron chi connectivity index (χ4n) is 4.36. The third-order valence-electron chi connectivity index (χ3n) is 6.04. The highest BCUT2D eigenvalue weighted by molar-refractivity contribution is 5.76. The third-order valence-corrected chi connectivity index (χ3v) is 6.04. The van der Waals surface area contributed by atoms with Crippen LogP contribution < -0.4 is 10.6 Å². The van der Waals surface area contributed by atoms with Gasteiger partial charge in [-0.05, 0) is 77.7 Å². The van der Waals surface area contributed by atoms with Crippen molar-refractivity contribution in [2.45, 2.75) is 57.0 Å². The first-order chi connectivity index (χ1) is 11.2. The second-order valence-electron chi connectivity index (χ2n) is 7.81. The van der Waals surface area contributed by atoms with Crippen molar-refractivity contribution in [3.63, 3.8) is 0 Å². The van der Waals surface area contributed by atoms with Crippen molar-refractivity contribution >= 4 is 5.91 Å². The maximum Gasteiger partial charge on any atom is 0.220 e. The molecule has 0 aliphatic carbocycles. The van der Waals surface area contributed by atoms with Gasteiger partial charge in [0, 0.05) is 31.6 Å². The Morgan fingerprint density at radius 1 is 1.09 bits per heavy atom. The fourth-order valence-corrected chi connectivity index (χ4v) is 4.36. The molecule has 1 amide bonds. The van der Waals surface area contributed by atoms with Crippen LogP contribution >= 0.6 is 0 Å². The van der Waals surface area contributed by atoms with Gasteiger partial charge in [0.1, 0.15) is 0 Å². The van der Waals surface area contributed by atoms with E-state index >= 15 is 0 Å². The number of nitrogens with one attached hydrogen (secondary N) is 2. The molecule has 1 unspecified atom stereocenters. The molecule has 5 heteroatoms. The summed E-state index contributed by atoms with van der Waals surface area (Å²) >= 11 is 0. The topological polar surface area (TPSA) is 47.6 Å². The maximum absolute atomic E-state index is 12.1. The summed E-state index contributed by atoms with van der Waals surface area (Å²) in [5, 5.41) is 6.66. The van der Waals surface area contributed by atoms with Gasteiger partial charge < -0.3 is 20.4 Å². The SMILES string of the molecule is CN1CCC(N2CCC(NC(=O)CCC3CCNC3)CC2)CC1. The standard InChI is InChI=1S/C18H34N4O/c1-21-10-7-17(8-11-21)22-12-5-16(6-13-22)20-18(23)3-2-15-4-9-19-14-15/h15-17,19H,2-14H2,1H3,(H,20,23). The minimum atomic E-state index is 0.273. The van der Waals surface area contributed by atoms with E-state index in [-0.39, 0.29) is 5.91 Å². The number of piperidine rings is 2. The molecule has 3 aliphatic rings. The van der Waals surface area contributed by atoms with Crippen LogP contribution in [0, 0.1) is 5.92 Å². The molecular weight excluding hydrogens is 288 g/mol. The Hall–Kier alpha value is -0.650. The van der Waals surface area contributed by atoms with Crippen LogP contribution in [-0.4, -0.2) is 74.1 Å². The molecule has 2 N–H and O–H groups in total. The van der Waals surface area contributed by atoms with Gasteiger partial charge in [-0.1, -0.05) is 0 Å². The van der Waals surface area contributed by atoms with Crippen LogP contribution in [-0.2, 0) is 4.79 Å². The lowest BCUT2D eigenvalue weighted by Gasteiger charge is -2.41. The van der Waals surface area contributed by atoms with Gasteiger partial charge in [-0.25, -0.2) is 0 Å². The molecule has 1 atom stereocenters. The van der Waals surface area contributed by atoms with E-state index in [1.807, 2.05) is 0 Å². The molecule has 3 aliphatic heterocycles. The Kier molecular flexibility index (Phi) is 6.31. The number of hydrogen-bond donors (Lipinski definition) is 2. The van der Waals surface area contributed by atoms with Crippen molar-refractivity contribution in [1.82, 2.24) is 20.4 Å². The Labute approximate surface area is 141 Å². The van der Waals surface area contributed by atoms with Crippen molar-refractivity contribution < 1.29 is 4.79 Å². The summed E-state index contributed by atoms with van der Waals surface area (Å²) in [6, 6.07) is 1.18. The van der Waals surface area contributed by atoms with Gasteiger partial charge in [0.2, 0.25) is 5.91 Å². The fraction of sp³-hybridized carbons (Fsp3) is 0.944. The molecule has 0 spiro atoms. The Balaban J connectivity index is 1.31. The summed E-state index contributed by atoms with van der Waals surface area (Å²) in [6.07, 6.45) is 7.87. The quantitative estimate of drug-likeness (QED) is 0.794. The van der Waals surface area contributed by atoms with E-state index in [2.05, 4.69) is 27.5 Å². The van der Waals surface area contributed by atoms with E-state index in [0.29, 0.717) is 18.4 Å². The number of nitrogens with zero attached hydrogens (tertiary/aromatic N) is 2. The van der Waals surface area contributed by atoms with Crippen LogP contribution in [0.1, 0.15) is 44.9 Å². The van der Waals surface area contributed by atoms with Crippen molar-refractivity contribution in [3.05, 3.63) is 0 Å². The van der Waals surface area contributed by atoms with E-state index in [1.165, 1.54) is 32.4 Å². The lowest BCUT2D eigenvalue weighted by Crippen LogP contribution is -2.50. The Bertz CT molecular complexity index is 367. The number of rotatable bonds is 5. The minimum absolute atomic E-state index is 0.273. The van der Waals surface area contributed by atoms with Gasteiger partial charge in [-0.15, -0.1) is 0 Å². The highest BCUT2D eigenvalue weighted by Crippen LogP contribution is 2.21. The number of likely N-dealkylation sites (tertiary alicyclic amines) is 2. The summed E-state index contributed by atoms with van der Waals surface area (Å²) in [5.74, 6) is 0.988. The Morgan fingerprint density at radius 2 is 1.83 bits per heavy atom. The highest BCUT2D eigenvalue weighted by atomic mass is 16.1. The van der Waals surface area contributed by atoms with Crippen molar-refractivity contribution in [2.24, 2.45) is 5.92 Å². The smallest absolute Gasteiger partial charge is 0.220 e. The molecule has 5 nitrogen and oxygen atoms in total. The van der Waals surface area contributed by atoms with Crippen LogP contribution in [0.15, 0.2) is 0 Å². The van der Waals surface area contributed by atoms with Gasteiger partial charge >= 0.3 is 0 Å². The van der Waals surface area contributed by atoms with Gasteiger partial charge in [0.15, 0.2) is 0 Å². The molecule has 23 heavy (non-hydrogen) atoms. The number of hydrogen-bond acceptors (Lipinski definition) is 4. The normalized spacial score (nSPS) is 29.0. The molecule has 0 aromatic carbocycles. The number of carbonyl (C=O) groups is 1. The third kappa shape index (κ3) is 5.16. The molecule has 0 aromatic heterocycles. The first-order valence-corrected chi connectivity index (χ1v) is 9.63. The molecular formula is C18H34N4O. The second kappa shape index (κ2) is 8.45. The van der Waals surface area contributed by atoms with Crippen LogP contribution in [0.4, 0.5) is 0 Å². The van der Waals surface area contributed by atoms with E-state index < -0.39 is 0 Å². The van der Waals surface area contributed by atoms with Crippen LogP contribution in [0.25, 0.3) is 0 Å². The van der Waals surface area contributed by atoms with Gasteiger partial charge in [-0.2, -0.15) is 0 Å². The summed E-state index contributed by atoms with van der Waals surface area (Å²) in [6.45, 7) is 7.01. The van der Waals surface area contributed by atoms with Gasteiger partial charge in [0.05, 0.1) is 0 Å². The molecule has 3 heterocycles. The second-order valence-corrected chi connectivity index (χ2v) is 7.81. The highest BCUT2D eigenvalue weighted by Gasteiger charge is 2.28. The average Bonchev–Trinajstić information content (AvgIpc) is 3.08. The summed E-state index contributed by atoms with van der Waals surface area (Å²) in [5.41, 5.74) is 0. The number of amides is 1. The summed E-state index contributed by atoms with van der Waals surface area (Å²) in [4.78, 5) is 17.2. The molecule has 3 rings (SSSR count). The molecule has 3 saturated heterocycles. The zero-order valence-corrected chi connectivity index (χ0v) is 14.7. The van der Waals surface area contributed by atoms with Gasteiger partial charge in [-0.3, -0.25) is 4.79 Å². The number of carbonyl (C=O) groups excluding carboxylic acids is 1. The van der Waals surface area contributed by atoms with E-state index in [4.69, 9.17) is 0 Å². The first kappa shape index (κ1) is 17.2. The van der Waals surface area contributed by atoms with Crippen LogP contribution in [0.2, 0.25) is 0 Å². The largest absolute Gasteiger partial charge is 0.353 e.